The molecule has 1 aromatic carbocycles. The van der Waals surface area contributed by atoms with E-state index >= 15 is 0 Å². The monoisotopic (exact) mass is 477 g/mol. The summed E-state index contributed by atoms with van der Waals surface area (Å²) in [5, 5.41) is 5.73. The third-order valence-electron chi connectivity index (χ3n) is 6.18. The summed E-state index contributed by atoms with van der Waals surface area (Å²) < 4.78 is 11.0. The van der Waals surface area contributed by atoms with Gasteiger partial charge in [0.25, 0.3) is 11.8 Å². The zero-order chi connectivity index (χ0) is 24.8. The van der Waals surface area contributed by atoms with Crippen LogP contribution in [-0.2, 0) is 9.59 Å². The van der Waals surface area contributed by atoms with Crippen molar-refractivity contribution in [2.24, 2.45) is 0 Å². The minimum Gasteiger partial charge on any atom is -0.464 e. The maximum atomic E-state index is 13.7. The SMILES string of the molecule is Cc1cccc(N(C(=O)CNC(=O)c2ccco2)[C@@H](C(=O)NC2CCCCC2)c2ccc(C)o2)c1. The van der Waals surface area contributed by atoms with E-state index in [2.05, 4.69) is 10.6 Å². The molecule has 1 atom stereocenters. The molecule has 0 saturated heterocycles. The number of hydrogen-bond donors (Lipinski definition) is 2. The number of benzene rings is 1. The smallest absolute Gasteiger partial charge is 0.287 e. The van der Waals surface area contributed by atoms with E-state index in [4.69, 9.17) is 8.83 Å². The molecule has 3 aromatic rings. The van der Waals surface area contributed by atoms with Crippen LogP contribution in [0.3, 0.4) is 0 Å². The Kier molecular flexibility index (Phi) is 7.70. The maximum absolute atomic E-state index is 13.7. The average molecular weight is 478 g/mol. The molecule has 4 rings (SSSR count). The Morgan fingerprint density at radius 1 is 1.03 bits per heavy atom. The van der Waals surface area contributed by atoms with Gasteiger partial charge in [-0.25, -0.2) is 0 Å². The summed E-state index contributed by atoms with van der Waals surface area (Å²) >= 11 is 0. The fourth-order valence-electron chi connectivity index (χ4n) is 4.45. The van der Waals surface area contributed by atoms with Gasteiger partial charge in [-0.1, -0.05) is 31.4 Å². The number of nitrogens with one attached hydrogen (secondary N) is 2. The summed E-state index contributed by atoms with van der Waals surface area (Å²) in [5.41, 5.74) is 1.47. The van der Waals surface area contributed by atoms with Crippen LogP contribution in [0.1, 0.15) is 65.8 Å². The first kappa shape index (κ1) is 24.3. The van der Waals surface area contributed by atoms with Gasteiger partial charge in [0, 0.05) is 11.7 Å². The Hall–Kier alpha value is -3.81. The molecule has 0 unspecified atom stereocenters. The third kappa shape index (κ3) is 6.01. The van der Waals surface area contributed by atoms with Crippen molar-refractivity contribution >= 4 is 23.4 Å². The van der Waals surface area contributed by atoms with Gasteiger partial charge in [0.1, 0.15) is 11.5 Å². The van der Waals surface area contributed by atoms with E-state index in [1.54, 1.807) is 31.2 Å². The number of amides is 3. The van der Waals surface area contributed by atoms with Crippen molar-refractivity contribution in [2.75, 3.05) is 11.4 Å². The van der Waals surface area contributed by atoms with Gasteiger partial charge in [0.15, 0.2) is 11.8 Å². The average Bonchev–Trinajstić information content (AvgIpc) is 3.53. The van der Waals surface area contributed by atoms with Gasteiger partial charge in [0.05, 0.1) is 12.8 Å². The Balaban J connectivity index is 1.65. The van der Waals surface area contributed by atoms with E-state index in [9.17, 15) is 14.4 Å². The summed E-state index contributed by atoms with van der Waals surface area (Å²) in [6.45, 7) is 3.39. The fourth-order valence-corrected chi connectivity index (χ4v) is 4.45. The molecule has 184 valence electrons. The predicted molar refractivity (Wildman–Crippen MR) is 131 cm³/mol. The van der Waals surface area contributed by atoms with Gasteiger partial charge in [-0.3, -0.25) is 19.3 Å². The number of carbonyl (C=O) groups excluding carboxylic acids is 3. The molecule has 1 aliphatic carbocycles. The number of anilines is 1. The maximum Gasteiger partial charge on any atom is 0.287 e. The standard InChI is InChI=1S/C27H31N3O5/c1-18-8-6-11-21(16-18)30(24(31)17-28-26(32)23-12-7-15-34-23)25(22-14-13-19(2)35-22)27(33)29-20-9-4-3-5-10-20/h6-8,11-16,20,25H,3-5,9-10,17H2,1-2H3,(H,28,32)(H,29,33)/t25-/m1/s1. The molecule has 0 radical (unpaired) electrons. The zero-order valence-electron chi connectivity index (χ0n) is 20.1. The second-order valence-electron chi connectivity index (χ2n) is 8.96. The van der Waals surface area contributed by atoms with Crippen molar-refractivity contribution in [2.45, 2.75) is 58.0 Å². The Bertz CT molecular complexity index is 1160. The van der Waals surface area contributed by atoms with Gasteiger partial charge in [-0.2, -0.15) is 0 Å². The van der Waals surface area contributed by atoms with Gasteiger partial charge >= 0.3 is 0 Å². The molecule has 0 bridgehead atoms. The highest BCUT2D eigenvalue weighted by atomic mass is 16.3. The molecule has 2 N–H and O–H groups in total. The highest BCUT2D eigenvalue weighted by Gasteiger charge is 2.36. The molecule has 8 nitrogen and oxygen atoms in total. The minimum atomic E-state index is -1.03. The lowest BCUT2D eigenvalue weighted by Gasteiger charge is -2.32. The number of nitrogens with zero attached hydrogens (tertiary/aromatic N) is 1. The Morgan fingerprint density at radius 3 is 2.49 bits per heavy atom. The van der Waals surface area contributed by atoms with E-state index in [1.165, 1.54) is 17.2 Å². The first-order valence-corrected chi connectivity index (χ1v) is 12.0. The molecule has 35 heavy (non-hydrogen) atoms. The third-order valence-corrected chi connectivity index (χ3v) is 6.18. The van der Waals surface area contributed by atoms with Crippen LogP contribution in [0.4, 0.5) is 5.69 Å². The second-order valence-corrected chi connectivity index (χ2v) is 8.96. The molecule has 3 amide bonds. The number of hydrogen-bond acceptors (Lipinski definition) is 5. The summed E-state index contributed by atoms with van der Waals surface area (Å²) in [6.07, 6.45) is 6.50. The molecule has 1 fully saturated rings. The predicted octanol–water partition coefficient (Wildman–Crippen LogP) is 4.44. The summed E-state index contributed by atoms with van der Waals surface area (Å²) in [6, 6.07) is 13.0. The molecule has 2 heterocycles. The summed E-state index contributed by atoms with van der Waals surface area (Å²) in [5.74, 6) is -0.161. The van der Waals surface area contributed by atoms with Crippen LogP contribution in [0.15, 0.2) is 63.6 Å². The lowest BCUT2D eigenvalue weighted by Crippen LogP contribution is -2.49. The van der Waals surface area contributed by atoms with Gasteiger partial charge in [0.2, 0.25) is 5.91 Å². The molecular weight excluding hydrogens is 446 g/mol. The van der Waals surface area contributed by atoms with Gasteiger partial charge in [-0.05, 0) is 68.7 Å². The van der Waals surface area contributed by atoms with E-state index in [0.717, 1.165) is 37.7 Å². The van der Waals surface area contributed by atoms with Crippen LogP contribution in [-0.4, -0.2) is 30.3 Å². The largest absolute Gasteiger partial charge is 0.464 e. The Labute approximate surface area is 204 Å². The van der Waals surface area contributed by atoms with Crippen LogP contribution < -0.4 is 15.5 Å². The van der Waals surface area contributed by atoms with Crippen molar-refractivity contribution in [3.63, 3.8) is 0 Å². The van der Waals surface area contributed by atoms with Crippen LogP contribution in [0, 0.1) is 13.8 Å². The van der Waals surface area contributed by atoms with Crippen molar-refractivity contribution in [3.8, 4) is 0 Å². The minimum absolute atomic E-state index is 0.0583. The molecule has 1 saturated carbocycles. The number of rotatable bonds is 8. The second kappa shape index (κ2) is 11.1. The van der Waals surface area contributed by atoms with E-state index in [0.29, 0.717) is 17.2 Å². The van der Waals surface area contributed by atoms with E-state index < -0.39 is 17.9 Å². The normalized spacial score (nSPS) is 14.8. The molecule has 8 heteroatoms. The molecule has 0 spiro atoms. The van der Waals surface area contributed by atoms with Crippen LogP contribution in [0.2, 0.25) is 0 Å². The first-order chi connectivity index (χ1) is 16.9. The van der Waals surface area contributed by atoms with Crippen LogP contribution in [0.25, 0.3) is 0 Å². The van der Waals surface area contributed by atoms with Gasteiger partial charge in [-0.15, -0.1) is 0 Å². The van der Waals surface area contributed by atoms with Gasteiger partial charge < -0.3 is 19.5 Å². The molecule has 1 aliphatic rings. The molecule has 2 aromatic heterocycles. The number of furan rings is 2. The van der Waals surface area contributed by atoms with E-state index in [1.807, 2.05) is 25.1 Å². The summed E-state index contributed by atoms with van der Waals surface area (Å²) in [4.78, 5) is 41.1. The Morgan fingerprint density at radius 2 is 1.83 bits per heavy atom. The fraction of sp³-hybridized carbons (Fsp3) is 0.370. The summed E-state index contributed by atoms with van der Waals surface area (Å²) in [7, 11) is 0. The van der Waals surface area contributed by atoms with E-state index in [-0.39, 0.29) is 24.3 Å². The lowest BCUT2D eigenvalue weighted by molar-refractivity contribution is -0.127. The topological polar surface area (TPSA) is 105 Å². The van der Waals surface area contributed by atoms with Crippen molar-refractivity contribution in [1.82, 2.24) is 10.6 Å². The first-order valence-electron chi connectivity index (χ1n) is 12.0. The number of carbonyl (C=O) groups is 3. The molecular formula is C27H31N3O5. The molecule has 0 aliphatic heterocycles. The van der Waals surface area contributed by atoms with Crippen LogP contribution in [0.5, 0.6) is 0 Å². The quantitative estimate of drug-likeness (QED) is 0.499. The van der Waals surface area contributed by atoms with Crippen LogP contribution >= 0.6 is 0 Å². The number of aryl methyl sites for hydroxylation is 2. The van der Waals surface area contributed by atoms with Crippen molar-refractivity contribution < 1.29 is 23.2 Å². The van der Waals surface area contributed by atoms with Crippen molar-refractivity contribution in [1.29, 1.82) is 0 Å². The lowest BCUT2D eigenvalue weighted by atomic mass is 9.95. The highest BCUT2D eigenvalue weighted by Crippen LogP contribution is 2.30. The highest BCUT2D eigenvalue weighted by molar-refractivity contribution is 6.04. The van der Waals surface area contributed by atoms with Crippen molar-refractivity contribution in [3.05, 3.63) is 77.6 Å². The zero-order valence-corrected chi connectivity index (χ0v) is 20.1.